The van der Waals surface area contributed by atoms with Crippen LogP contribution < -0.4 is 10.5 Å². The molecule has 0 aliphatic rings. The molecule has 1 aromatic heterocycles. The largest absolute Gasteiger partial charge is 0.481 e. The average Bonchev–Trinajstić information content (AvgIpc) is 2.38. The summed E-state index contributed by atoms with van der Waals surface area (Å²) in [6, 6.07) is 1.58. The van der Waals surface area contributed by atoms with Crippen molar-refractivity contribution in [1.29, 1.82) is 0 Å². The van der Waals surface area contributed by atoms with E-state index in [9.17, 15) is 9.59 Å². The fourth-order valence-electron chi connectivity index (χ4n) is 1.89. The van der Waals surface area contributed by atoms with E-state index >= 15 is 0 Å². The van der Waals surface area contributed by atoms with Gasteiger partial charge in [-0.3, -0.25) is 9.59 Å². The Kier molecular flexibility index (Phi) is 6.05. The number of aromatic nitrogens is 2. The van der Waals surface area contributed by atoms with Gasteiger partial charge in [0, 0.05) is 32.1 Å². The molecule has 1 aromatic rings. The van der Waals surface area contributed by atoms with Gasteiger partial charge < -0.3 is 10.0 Å². The predicted octanol–water partition coefficient (Wildman–Crippen LogP) is 1.34. The molecule has 0 aliphatic carbocycles. The standard InChI is InChI=1S/C13H21N3O3/c1-3-15(4-2)11-9-12(17)16(14-10-11)8-6-5-7-13(18)19/h9-10H,3-8H2,1-2H3,(H,18,19). The number of hydrogen-bond acceptors (Lipinski definition) is 4. The van der Waals surface area contributed by atoms with E-state index in [1.807, 2.05) is 13.8 Å². The number of aliphatic carboxylic acids is 1. The summed E-state index contributed by atoms with van der Waals surface area (Å²) in [6.07, 6.45) is 3.02. The summed E-state index contributed by atoms with van der Waals surface area (Å²) in [5.74, 6) is -0.808. The summed E-state index contributed by atoms with van der Waals surface area (Å²) < 4.78 is 1.38. The van der Waals surface area contributed by atoms with E-state index in [-0.39, 0.29) is 12.0 Å². The van der Waals surface area contributed by atoms with Crippen LogP contribution in [0.5, 0.6) is 0 Å². The molecule has 0 spiro atoms. The van der Waals surface area contributed by atoms with E-state index in [1.54, 1.807) is 12.3 Å². The maximum absolute atomic E-state index is 11.9. The van der Waals surface area contributed by atoms with Gasteiger partial charge in [0.25, 0.3) is 5.56 Å². The Hall–Kier alpha value is -1.85. The van der Waals surface area contributed by atoms with Crippen molar-refractivity contribution in [3.8, 4) is 0 Å². The van der Waals surface area contributed by atoms with Gasteiger partial charge in [-0.25, -0.2) is 4.68 Å². The third kappa shape index (κ3) is 4.73. The van der Waals surface area contributed by atoms with Gasteiger partial charge in [0.1, 0.15) is 0 Å². The van der Waals surface area contributed by atoms with Crippen LogP contribution in [0.1, 0.15) is 33.1 Å². The van der Waals surface area contributed by atoms with Crippen molar-refractivity contribution >= 4 is 11.7 Å². The molecule has 0 saturated carbocycles. The van der Waals surface area contributed by atoms with Gasteiger partial charge in [-0.05, 0) is 26.7 Å². The van der Waals surface area contributed by atoms with Crippen molar-refractivity contribution in [2.24, 2.45) is 0 Å². The maximum Gasteiger partial charge on any atom is 0.303 e. The number of nitrogens with zero attached hydrogens (tertiary/aromatic N) is 3. The van der Waals surface area contributed by atoms with E-state index in [4.69, 9.17) is 5.11 Å². The first kappa shape index (κ1) is 15.2. The Balaban J connectivity index is 2.62. The lowest BCUT2D eigenvalue weighted by Crippen LogP contribution is -2.27. The molecule has 19 heavy (non-hydrogen) atoms. The Morgan fingerprint density at radius 2 is 2.05 bits per heavy atom. The lowest BCUT2D eigenvalue weighted by Gasteiger charge is -2.20. The minimum atomic E-state index is -0.808. The van der Waals surface area contributed by atoms with Crippen molar-refractivity contribution in [3.63, 3.8) is 0 Å². The average molecular weight is 267 g/mol. The van der Waals surface area contributed by atoms with Crippen molar-refractivity contribution in [2.75, 3.05) is 18.0 Å². The van der Waals surface area contributed by atoms with Crippen LogP contribution in [0.25, 0.3) is 0 Å². The number of hydrogen-bond donors (Lipinski definition) is 1. The highest BCUT2D eigenvalue weighted by Crippen LogP contribution is 2.08. The number of unbranched alkanes of at least 4 members (excludes halogenated alkanes) is 1. The minimum Gasteiger partial charge on any atom is -0.481 e. The monoisotopic (exact) mass is 267 g/mol. The number of aryl methyl sites for hydroxylation is 1. The maximum atomic E-state index is 11.9. The molecule has 0 amide bonds. The SMILES string of the molecule is CCN(CC)c1cnn(CCCCC(=O)O)c(=O)c1. The summed E-state index contributed by atoms with van der Waals surface area (Å²) >= 11 is 0. The highest BCUT2D eigenvalue weighted by atomic mass is 16.4. The Morgan fingerprint density at radius 1 is 1.37 bits per heavy atom. The van der Waals surface area contributed by atoms with Crippen molar-refractivity contribution in [3.05, 3.63) is 22.6 Å². The Morgan fingerprint density at radius 3 is 2.58 bits per heavy atom. The topological polar surface area (TPSA) is 75.4 Å². The van der Waals surface area contributed by atoms with Gasteiger partial charge in [-0.1, -0.05) is 0 Å². The molecule has 0 saturated heterocycles. The molecule has 0 radical (unpaired) electrons. The van der Waals surface area contributed by atoms with Gasteiger partial charge in [0.2, 0.25) is 0 Å². The van der Waals surface area contributed by atoms with Crippen LogP contribution in [0.15, 0.2) is 17.1 Å². The van der Waals surface area contributed by atoms with E-state index in [0.29, 0.717) is 19.4 Å². The fraction of sp³-hybridized carbons (Fsp3) is 0.615. The summed E-state index contributed by atoms with van der Waals surface area (Å²) in [4.78, 5) is 24.3. The zero-order valence-electron chi connectivity index (χ0n) is 11.5. The van der Waals surface area contributed by atoms with Crippen LogP contribution >= 0.6 is 0 Å². The van der Waals surface area contributed by atoms with Gasteiger partial charge >= 0.3 is 5.97 Å². The first-order valence-corrected chi connectivity index (χ1v) is 6.62. The summed E-state index contributed by atoms with van der Waals surface area (Å²) in [6.45, 7) is 6.19. The number of carbonyl (C=O) groups is 1. The van der Waals surface area contributed by atoms with Crippen LogP contribution in [-0.4, -0.2) is 33.9 Å². The molecule has 0 unspecified atom stereocenters. The van der Waals surface area contributed by atoms with Gasteiger partial charge in [-0.2, -0.15) is 5.10 Å². The van der Waals surface area contributed by atoms with Gasteiger partial charge in [0.15, 0.2) is 0 Å². The molecular weight excluding hydrogens is 246 g/mol. The molecule has 6 nitrogen and oxygen atoms in total. The first-order chi connectivity index (χ1) is 9.08. The second kappa shape index (κ2) is 7.56. The van der Waals surface area contributed by atoms with Crippen LogP contribution in [0.4, 0.5) is 5.69 Å². The van der Waals surface area contributed by atoms with Crippen LogP contribution in [0, 0.1) is 0 Å². The molecule has 1 rings (SSSR count). The Labute approximate surface area is 112 Å². The van der Waals surface area contributed by atoms with Crippen LogP contribution in [0.3, 0.4) is 0 Å². The number of anilines is 1. The molecular formula is C13H21N3O3. The van der Waals surface area contributed by atoms with Gasteiger partial charge in [0.05, 0.1) is 11.9 Å². The zero-order valence-corrected chi connectivity index (χ0v) is 11.5. The molecule has 0 bridgehead atoms. The lowest BCUT2D eigenvalue weighted by atomic mass is 10.2. The number of rotatable bonds is 8. The zero-order chi connectivity index (χ0) is 14.3. The van der Waals surface area contributed by atoms with E-state index in [2.05, 4.69) is 10.00 Å². The molecule has 1 heterocycles. The van der Waals surface area contributed by atoms with E-state index in [1.165, 1.54) is 4.68 Å². The smallest absolute Gasteiger partial charge is 0.303 e. The Bertz CT molecular complexity index is 466. The molecule has 6 heteroatoms. The molecule has 0 aromatic carbocycles. The third-order valence-electron chi connectivity index (χ3n) is 2.99. The lowest BCUT2D eigenvalue weighted by molar-refractivity contribution is -0.137. The molecule has 106 valence electrons. The predicted molar refractivity (Wildman–Crippen MR) is 73.5 cm³/mol. The van der Waals surface area contributed by atoms with E-state index in [0.717, 1.165) is 18.8 Å². The number of carboxylic acids is 1. The van der Waals surface area contributed by atoms with E-state index < -0.39 is 5.97 Å². The van der Waals surface area contributed by atoms with Crippen molar-refractivity contribution < 1.29 is 9.90 Å². The quantitative estimate of drug-likeness (QED) is 0.719. The van der Waals surface area contributed by atoms with Crippen LogP contribution in [-0.2, 0) is 11.3 Å². The van der Waals surface area contributed by atoms with Crippen molar-refractivity contribution in [2.45, 2.75) is 39.7 Å². The second-order valence-corrected chi connectivity index (χ2v) is 4.30. The van der Waals surface area contributed by atoms with Gasteiger partial charge in [-0.15, -0.1) is 0 Å². The molecule has 1 N–H and O–H groups in total. The summed E-state index contributed by atoms with van der Waals surface area (Å²) in [5, 5.41) is 12.7. The summed E-state index contributed by atoms with van der Waals surface area (Å²) in [5.41, 5.74) is 0.691. The van der Waals surface area contributed by atoms with Crippen LogP contribution in [0.2, 0.25) is 0 Å². The first-order valence-electron chi connectivity index (χ1n) is 6.62. The normalized spacial score (nSPS) is 10.4. The number of carboxylic acid groups (broad SMARTS) is 1. The molecule has 0 aliphatic heterocycles. The fourth-order valence-corrected chi connectivity index (χ4v) is 1.89. The van der Waals surface area contributed by atoms with Crippen molar-refractivity contribution in [1.82, 2.24) is 9.78 Å². The molecule has 0 fully saturated rings. The minimum absolute atomic E-state index is 0.131. The highest BCUT2D eigenvalue weighted by Gasteiger charge is 2.05. The second-order valence-electron chi connectivity index (χ2n) is 4.30. The third-order valence-corrected chi connectivity index (χ3v) is 2.99. The highest BCUT2D eigenvalue weighted by molar-refractivity contribution is 5.66. The molecule has 0 atom stereocenters. The summed E-state index contributed by atoms with van der Waals surface area (Å²) in [7, 11) is 0.